The van der Waals surface area contributed by atoms with Gasteiger partial charge in [0.1, 0.15) is 24.5 Å². The molecular weight excluding hydrogens is 240 g/mol. The molecule has 1 aliphatic heterocycles. The van der Waals surface area contributed by atoms with Crippen molar-refractivity contribution in [2.75, 3.05) is 56.1 Å². The molecule has 0 unspecified atom stereocenters. The molecule has 6 nitrogen and oxygen atoms in total. The van der Waals surface area contributed by atoms with Crippen molar-refractivity contribution < 1.29 is 0 Å². The number of hydrogen-bond acceptors (Lipinski definition) is 6. The maximum absolute atomic E-state index is 8.72. The van der Waals surface area contributed by atoms with Gasteiger partial charge in [0, 0.05) is 39.3 Å². The lowest BCUT2D eigenvalue weighted by Gasteiger charge is -2.34. The average molecular weight is 260 g/mol. The topological polar surface area (TPSA) is 59.3 Å². The summed E-state index contributed by atoms with van der Waals surface area (Å²) in [5, 5.41) is 8.72. The van der Waals surface area contributed by atoms with Crippen molar-refractivity contribution >= 4 is 11.6 Å². The first-order chi connectivity index (χ1) is 9.24. The molecular formula is C13H20N6. The van der Waals surface area contributed by atoms with Gasteiger partial charge in [-0.25, -0.2) is 9.97 Å². The van der Waals surface area contributed by atoms with Crippen LogP contribution in [0.5, 0.6) is 0 Å². The van der Waals surface area contributed by atoms with E-state index in [9.17, 15) is 0 Å². The van der Waals surface area contributed by atoms with E-state index in [2.05, 4.69) is 32.8 Å². The first-order valence-electron chi connectivity index (χ1n) is 6.62. The molecule has 1 fully saturated rings. The van der Waals surface area contributed by atoms with E-state index in [4.69, 9.17) is 5.26 Å². The number of aromatic nitrogens is 2. The average Bonchev–Trinajstić information content (AvgIpc) is 2.48. The van der Waals surface area contributed by atoms with E-state index in [0.29, 0.717) is 6.54 Å². The molecule has 1 saturated heterocycles. The summed E-state index contributed by atoms with van der Waals surface area (Å²) in [5.74, 6) is 1.75. The van der Waals surface area contributed by atoms with Crippen LogP contribution in [0.1, 0.15) is 6.92 Å². The van der Waals surface area contributed by atoms with Crippen LogP contribution < -0.4 is 9.80 Å². The number of piperazine rings is 1. The van der Waals surface area contributed by atoms with Crippen molar-refractivity contribution in [2.24, 2.45) is 0 Å². The fourth-order valence-corrected chi connectivity index (χ4v) is 2.20. The molecule has 0 radical (unpaired) electrons. The van der Waals surface area contributed by atoms with Gasteiger partial charge in [0.2, 0.25) is 0 Å². The third kappa shape index (κ3) is 3.32. The molecule has 102 valence electrons. The Morgan fingerprint density at radius 3 is 2.68 bits per heavy atom. The fourth-order valence-electron chi connectivity index (χ4n) is 2.20. The lowest BCUT2D eigenvalue weighted by Crippen LogP contribution is -2.46. The molecule has 1 aromatic rings. The van der Waals surface area contributed by atoms with Gasteiger partial charge in [0.15, 0.2) is 0 Å². The van der Waals surface area contributed by atoms with Crippen molar-refractivity contribution in [1.82, 2.24) is 14.9 Å². The van der Waals surface area contributed by atoms with Crippen molar-refractivity contribution in [3.05, 3.63) is 12.4 Å². The summed E-state index contributed by atoms with van der Waals surface area (Å²) in [6.07, 6.45) is 1.57. The SMILES string of the molecule is CCN1CCN(c2cc(N(C)CC#N)ncn2)CC1. The third-order valence-corrected chi connectivity index (χ3v) is 3.48. The Morgan fingerprint density at radius 2 is 2.05 bits per heavy atom. The third-order valence-electron chi connectivity index (χ3n) is 3.48. The van der Waals surface area contributed by atoms with E-state index >= 15 is 0 Å². The maximum atomic E-state index is 8.72. The molecule has 0 bridgehead atoms. The summed E-state index contributed by atoms with van der Waals surface area (Å²) in [6.45, 7) is 7.76. The van der Waals surface area contributed by atoms with Gasteiger partial charge in [0.25, 0.3) is 0 Å². The Bertz CT molecular complexity index is 447. The fraction of sp³-hybridized carbons (Fsp3) is 0.615. The Labute approximate surface area is 114 Å². The predicted molar refractivity (Wildman–Crippen MR) is 75.2 cm³/mol. The van der Waals surface area contributed by atoms with Gasteiger partial charge in [-0.15, -0.1) is 0 Å². The highest BCUT2D eigenvalue weighted by Gasteiger charge is 2.17. The number of hydrogen-bond donors (Lipinski definition) is 0. The molecule has 1 aromatic heterocycles. The van der Waals surface area contributed by atoms with Gasteiger partial charge in [-0.05, 0) is 6.54 Å². The largest absolute Gasteiger partial charge is 0.354 e. The van der Waals surface area contributed by atoms with Gasteiger partial charge >= 0.3 is 0 Å². The van der Waals surface area contributed by atoms with E-state index in [1.807, 2.05) is 18.0 Å². The van der Waals surface area contributed by atoms with Crippen LogP contribution >= 0.6 is 0 Å². The van der Waals surface area contributed by atoms with Gasteiger partial charge < -0.3 is 14.7 Å². The van der Waals surface area contributed by atoms with Crippen LogP contribution in [0, 0.1) is 11.3 Å². The van der Waals surface area contributed by atoms with Crippen molar-refractivity contribution in [1.29, 1.82) is 5.26 Å². The second-order valence-corrected chi connectivity index (χ2v) is 4.67. The molecule has 2 rings (SSSR count). The predicted octanol–water partition coefficient (Wildman–Crippen LogP) is 0.578. The van der Waals surface area contributed by atoms with Crippen LogP contribution in [0.2, 0.25) is 0 Å². The molecule has 0 aromatic carbocycles. The number of likely N-dealkylation sites (N-methyl/N-ethyl adjacent to an activating group) is 1. The quantitative estimate of drug-likeness (QED) is 0.738. The van der Waals surface area contributed by atoms with Gasteiger partial charge in [-0.1, -0.05) is 6.92 Å². The molecule has 1 aliphatic rings. The molecule has 19 heavy (non-hydrogen) atoms. The summed E-state index contributed by atoms with van der Waals surface area (Å²) in [7, 11) is 1.87. The monoisotopic (exact) mass is 260 g/mol. The molecule has 6 heteroatoms. The van der Waals surface area contributed by atoms with Crippen LogP contribution in [-0.4, -0.2) is 61.2 Å². The van der Waals surface area contributed by atoms with Crippen LogP contribution in [-0.2, 0) is 0 Å². The molecule has 0 spiro atoms. The van der Waals surface area contributed by atoms with Crippen molar-refractivity contribution in [3.8, 4) is 6.07 Å². The van der Waals surface area contributed by atoms with E-state index in [-0.39, 0.29) is 0 Å². The van der Waals surface area contributed by atoms with E-state index < -0.39 is 0 Å². The Balaban J connectivity index is 2.05. The first kappa shape index (κ1) is 13.6. The van der Waals surface area contributed by atoms with Crippen LogP contribution in [0.15, 0.2) is 12.4 Å². The lowest BCUT2D eigenvalue weighted by molar-refractivity contribution is 0.270. The zero-order valence-corrected chi connectivity index (χ0v) is 11.6. The highest BCUT2D eigenvalue weighted by molar-refractivity contribution is 5.50. The summed E-state index contributed by atoms with van der Waals surface area (Å²) in [6, 6.07) is 4.08. The second-order valence-electron chi connectivity index (χ2n) is 4.67. The first-order valence-corrected chi connectivity index (χ1v) is 6.62. The van der Waals surface area contributed by atoms with Crippen LogP contribution in [0.3, 0.4) is 0 Å². The molecule has 0 aliphatic carbocycles. The molecule has 0 saturated carbocycles. The highest BCUT2D eigenvalue weighted by atomic mass is 15.3. The Kier molecular flexibility index (Phi) is 4.53. The summed E-state index contributed by atoms with van der Waals surface area (Å²) in [5.41, 5.74) is 0. The summed E-state index contributed by atoms with van der Waals surface area (Å²) >= 11 is 0. The number of nitrogens with zero attached hydrogens (tertiary/aromatic N) is 6. The highest BCUT2D eigenvalue weighted by Crippen LogP contribution is 2.17. The van der Waals surface area contributed by atoms with Gasteiger partial charge in [0.05, 0.1) is 6.07 Å². The van der Waals surface area contributed by atoms with E-state index in [1.165, 1.54) is 0 Å². The van der Waals surface area contributed by atoms with Crippen LogP contribution in [0.25, 0.3) is 0 Å². The van der Waals surface area contributed by atoms with Crippen molar-refractivity contribution in [2.45, 2.75) is 6.92 Å². The van der Waals surface area contributed by atoms with Crippen molar-refractivity contribution in [3.63, 3.8) is 0 Å². The Hall–Kier alpha value is -1.87. The summed E-state index contributed by atoms with van der Waals surface area (Å²) in [4.78, 5) is 15.1. The van der Waals surface area contributed by atoms with Gasteiger partial charge in [-0.2, -0.15) is 5.26 Å². The molecule has 2 heterocycles. The minimum atomic E-state index is 0.333. The van der Waals surface area contributed by atoms with E-state index in [0.717, 1.165) is 44.4 Å². The minimum absolute atomic E-state index is 0.333. The molecule has 0 N–H and O–H groups in total. The summed E-state index contributed by atoms with van der Waals surface area (Å²) < 4.78 is 0. The zero-order chi connectivity index (χ0) is 13.7. The lowest BCUT2D eigenvalue weighted by atomic mass is 10.3. The number of rotatable bonds is 4. The number of anilines is 2. The molecule has 0 amide bonds. The maximum Gasteiger partial charge on any atom is 0.134 e. The normalized spacial score (nSPS) is 16.2. The molecule has 0 atom stereocenters. The van der Waals surface area contributed by atoms with E-state index in [1.54, 1.807) is 6.33 Å². The standard InChI is InChI=1S/C13H20N6/c1-3-18-6-8-19(9-7-18)13-10-12(15-11-16-13)17(2)5-4-14/h10-11H,3,5-9H2,1-2H3. The Morgan fingerprint density at radius 1 is 1.32 bits per heavy atom. The van der Waals surface area contributed by atoms with Crippen LogP contribution in [0.4, 0.5) is 11.6 Å². The second kappa shape index (κ2) is 6.34. The zero-order valence-electron chi connectivity index (χ0n) is 11.6. The van der Waals surface area contributed by atoms with Gasteiger partial charge in [-0.3, -0.25) is 0 Å². The smallest absolute Gasteiger partial charge is 0.134 e. The minimum Gasteiger partial charge on any atom is -0.354 e. The number of nitriles is 1.